The van der Waals surface area contributed by atoms with Gasteiger partial charge >= 0.3 is 5.97 Å². The summed E-state index contributed by atoms with van der Waals surface area (Å²) in [4.78, 5) is 11.4. The molecule has 0 aliphatic rings. The van der Waals surface area contributed by atoms with Gasteiger partial charge in [0.05, 0.1) is 12.8 Å². The summed E-state index contributed by atoms with van der Waals surface area (Å²) in [5, 5.41) is 3.14. The summed E-state index contributed by atoms with van der Waals surface area (Å²) in [5.41, 5.74) is -0.844. The second-order valence-electron chi connectivity index (χ2n) is 3.87. The van der Waals surface area contributed by atoms with Crippen molar-refractivity contribution < 1.29 is 13.9 Å². The van der Waals surface area contributed by atoms with Crippen LogP contribution in [-0.4, -0.2) is 18.6 Å². The van der Waals surface area contributed by atoms with Crippen LogP contribution < -0.4 is 5.32 Å². The van der Waals surface area contributed by atoms with Crippen molar-refractivity contribution in [3.05, 3.63) is 29.0 Å². The van der Waals surface area contributed by atoms with Crippen molar-refractivity contribution in [2.45, 2.75) is 19.4 Å². The molecule has 3 nitrogen and oxygen atoms in total. The number of rotatable bonds is 3. The Kier molecular flexibility index (Phi) is 3.75. The number of carbonyl (C=O) groups excluding carboxylic acids is 1. The van der Waals surface area contributed by atoms with E-state index in [1.807, 2.05) is 0 Å². The molecule has 0 spiro atoms. The van der Waals surface area contributed by atoms with E-state index in [1.54, 1.807) is 13.8 Å². The lowest BCUT2D eigenvalue weighted by Crippen LogP contribution is -2.41. The zero-order chi connectivity index (χ0) is 12.3. The maximum atomic E-state index is 13.4. The van der Waals surface area contributed by atoms with Gasteiger partial charge in [-0.25, -0.2) is 9.18 Å². The van der Waals surface area contributed by atoms with Crippen molar-refractivity contribution in [2.24, 2.45) is 0 Å². The Bertz CT molecular complexity index is 407. The average molecular weight is 246 g/mol. The molecule has 0 amide bonds. The van der Waals surface area contributed by atoms with Crippen LogP contribution >= 0.6 is 11.6 Å². The van der Waals surface area contributed by atoms with Gasteiger partial charge in [-0.05, 0) is 32.0 Å². The predicted molar refractivity (Wildman–Crippen MR) is 61.1 cm³/mol. The van der Waals surface area contributed by atoms with Crippen LogP contribution in [0.4, 0.5) is 10.1 Å². The maximum absolute atomic E-state index is 13.4. The maximum Gasteiger partial charge on any atom is 0.330 e. The van der Waals surface area contributed by atoms with Gasteiger partial charge in [-0.1, -0.05) is 11.6 Å². The first-order valence-corrected chi connectivity index (χ1v) is 5.06. The van der Waals surface area contributed by atoms with Gasteiger partial charge in [0.2, 0.25) is 0 Å². The smallest absolute Gasteiger partial charge is 0.330 e. The fourth-order valence-electron chi connectivity index (χ4n) is 1.24. The number of ether oxygens (including phenoxy) is 1. The van der Waals surface area contributed by atoms with E-state index in [-0.39, 0.29) is 5.69 Å². The summed E-state index contributed by atoms with van der Waals surface area (Å²) in [6, 6.07) is 4.09. The normalized spacial score (nSPS) is 11.1. The van der Waals surface area contributed by atoms with Crippen LogP contribution in [0.3, 0.4) is 0 Å². The minimum atomic E-state index is -1.01. The number of benzene rings is 1. The first-order chi connectivity index (χ1) is 7.36. The molecule has 1 aromatic carbocycles. The number of carbonyl (C=O) groups is 1. The molecule has 0 saturated heterocycles. The van der Waals surface area contributed by atoms with E-state index in [2.05, 4.69) is 10.1 Å². The van der Waals surface area contributed by atoms with Crippen LogP contribution in [0.25, 0.3) is 0 Å². The molecule has 88 valence electrons. The van der Waals surface area contributed by atoms with Crippen LogP contribution in [-0.2, 0) is 9.53 Å². The molecule has 0 atom stereocenters. The van der Waals surface area contributed by atoms with Crippen molar-refractivity contribution in [1.82, 2.24) is 0 Å². The molecular weight excluding hydrogens is 233 g/mol. The zero-order valence-corrected chi connectivity index (χ0v) is 10.1. The lowest BCUT2D eigenvalue weighted by atomic mass is 10.1. The van der Waals surface area contributed by atoms with Crippen LogP contribution in [0.15, 0.2) is 18.2 Å². The molecule has 0 aromatic heterocycles. The highest BCUT2D eigenvalue weighted by Crippen LogP contribution is 2.23. The number of methoxy groups -OCH3 is 1. The third kappa shape index (κ3) is 2.85. The molecule has 0 aliphatic heterocycles. The van der Waals surface area contributed by atoms with Crippen molar-refractivity contribution >= 4 is 23.3 Å². The first kappa shape index (κ1) is 12.8. The minimum absolute atomic E-state index is 0.169. The fourth-order valence-corrected chi connectivity index (χ4v) is 1.41. The molecule has 0 fully saturated rings. The molecule has 16 heavy (non-hydrogen) atoms. The summed E-state index contributed by atoms with van der Waals surface area (Å²) in [6.07, 6.45) is 0. The Morgan fingerprint density at radius 3 is 2.69 bits per heavy atom. The van der Waals surface area contributed by atoms with Gasteiger partial charge in [0.25, 0.3) is 0 Å². The SMILES string of the molecule is COC(=O)C(C)(C)Nc1cc(Cl)ccc1F. The van der Waals surface area contributed by atoms with Gasteiger partial charge in [0, 0.05) is 5.02 Å². The van der Waals surface area contributed by atoms with E-state index in [4.69, 9.17) is 11.6 Å². The van der Waals surface area contributed by atoms with E-state index >= 15 is 0 Å². The van der Waals surface area contributed by atoms with Crippen LogP contribution in [0.5, 0.6) is 0 Å². The van der Waals surface area contributed by atoms with E-state index in [0.29, 0.717) is 5.02 Å². The van der Waals surface area contributed by atoms with Gasteiger partial charge in [-0.15, -0.1) is 0 Å². The largest absolute Gasteiger partial charge is 0.467 e. The lowest BCUT2D eigenvalue weighted by molar-refractivity contribution is -0.144. The third-order valence-electron chi connectivity index (χ3n) is 2.07. The van der Waals surface area contributed by atoms with E-state index in [1.165, 1.54) is 25.3 Å². The molecule has 1 N–H and O–H groups in total. The van der Waals surface area contributed by atoms with E-state index in [0.717, 1.165) is 0 Å². The number of hydrogen-bond acceptors (Lipinski definition) is 3. The van der Waals surface area contributed by atoms with Crippen LogP contribution in [0.2, 0.25) is 5.02 Å². The zero-order valence-electron chi connectivity index (χ0n) is 9.30. The summed E-state index contributed by atoms with van der Waals surface area (Å²) < 4.78 is 18.0. The van der Waals surface area contributed by atoms with Crippen LogP contribution in [0, 0.1) is 5.82 Å². The molecule has 1 rings (SSSR count). The third-order valence-corrected chi connectivity index (χ3v) is 2.31. The molecule has 0 heterocycles. The lowest BCUT2D eigenvalue weighted by Gasteiger charge is -2.24. The Balaban J connectivity index is 2.95. The van der Waals surface area contributed by atoms with Gasteiger partial charge in [0.1, 0.15) is 11.4 Å². The Labute approximate surface area is 98.5 Å². The summed E-state index contributed by atoms with van der Waals surface area (Å²) in [7, 11) is 1.28. The topological polar surface area (TPSA) is 38.3 Å². The van der Waals surface area contributed by atoms with E-state index in [9.17, 15) is 9.18 Å². The van der Waals surface area contributed by atoms with Gasteiger partial charge < -0.3 is 10.1 Å². The van der Waals surface area contributed by atoms with Crippen molar-refractivity contribution in [3.63, 3.8) is 0 Å². The van der Waals surface area contributed by atoms with Gasteiger partial charge in [0.15, 0.2) is 0 Å². The number of anilines is 1. The molecule has 5 heteroatoms. The molecule has 0 bridgehead atoms. The second-order valence-corrected chi connectivity index (χ2v) is 4.30. The van der Waals surface area contributed by atoms with Gasteiger partial charge in [-0.2, -0.15) is 0 Å². The van der Waals surface area contributed by atoms with Gasteiger partial charge in [-0.3, -0.25) is 0 Å². The highest BCUT2D eigenvalue weighted by Gasteiger charge is 2.29. The molecule has 0 unspecified atom stereocenters. The second kappa shape index (κ2) is 4.70. The van der Waals surface area contributed by atoms with Crippen molar-refractivity contribution in [3.8, 4) is 0 Å². The Morgan fingerprint density at radius 1 is 1.50 bits per heavy atom. The molecular formula is C11H13ClFNO2. The fraction of sp³-hybridized carbons (Fsp3) is 0.364. The van der Waals surface area contributed by atoms with Crippen molar-refractivity contribution in [2.75, 3.05) is 12.4 Å². The Morgan fingerprint density at radius 2 is 2.12 bits per heavy atom. The first-order valence-electron chi connectivity index (χ1n) is 4.68. The summed E-state index contributed by atoms with van der Waals surface area (Å²) >= 11 is 5.74. The average Bonchev–Trinajstić information content (AvgIpc) is 2.22. The standard InChI is InChI=1S/C11H13ClFNO2/c1-11(2,10(15)16-3)14-9-6-7(12)4-5-8(9)13/h4-6,14H,1-3H3. The number of esters is 1. The highest BCUT2D eigenvalue weighted by atomic mass is 35.5. The quantitative estimate of drug-likeness (QED) is 0.833. The molecule has 0 aliphatic carbocycles. The molecule has 1 aromatic rings. The number of nitrogens with one attached hydrogen (secondary N) is 1. The summed E-state index contributed by atoms with van der Waals surface area (Å²) in [6.45, 7) is 3.19. The summed E-state index contributed by atoms with van der Waals surface area (Å²) in [5.74, 6) is -0.951. The minimum Gasteiger partial charge on any atom is -0.467 e. The monoisotopic (exact) mass is 245 g/mol. The highest BCUT2D eigenvalue weighted by molar-refractivity contribution is 6.30. The van der Waals surface area contributed by atoms with Crippen LogP contribution in [0.1, 0.15) is 13.8 Å². The number of hydrogen-bond donors (Lipinski definition) is 1. The van der Waals surface area contributed by atoms with Crippen molar-refractivity contribution in [1.29, 1.82) is 0 Å². The molecule has 0 radical (unpaired) electrons. The van der Waals surface area contributed by atoms with E-state index < -0.39 is 17.3 Å². The number of halogens is 2. The predicted octanol–water partition coefficient (Wildman–Crippen LogP) is 2.84. The molecule has 0 saturated carbocycles. The Hall–Kier alpha value is -1.29.